The van der Waals surface area contributed by atoms with Crippen LogP contribution in [0, 0.1) is 11.3 Å². The fourth-order valence-corrected chi connectivity index (χ4v) is 3.86. The van der Waals surface area contributed by atoms with Crippen molar-refractivity contribution >= 4 is 51.7 Å². The van der Waals surface area contributed by atoms with Crippen molar-refractivity contribution < 1.29 is 4.79 Å². The van der Waals surface area contributed by atoms with Crippen LogP contribution in [0.3, 0.4) is 0 Å². The van der Waals surface area contributed by atoms with Gasteiger partial charge in [0.1, 0.15) is 16.6 Å². The number of hydrogen-bond donors (Lipinski definition) is 1. The monoisotopic (exact) mass is 431 g/mol. The highest BCUT2D eigenvalue weighted by Gasteiger charge is 2.14. The summed E-state index contributed by atoms with van der Waals surface area (Å²) in [5, 5.41) is 22.2. The van der Waals surface area contributed by atoms with E-state index >= 15 is 0 Å². The first-order valence-corrected chi connectivity index (χ1v) is 9.96. The van der Waals surface area contributed by atoms with Crippen molar-refractivity contribution in [2.45, 2.75) is 19.8 Å². The third-order valence-electron chi connectivity index (χ3n) is 3.71. The molecular weight excluding hydrogens is 417 g/mol. The lowest BCUT2D eigenvalue weighted by Gasteiger charge is -2.08. The van der Waals surface area contributed by atoms with Crippen LogP contribution in [0.2, 0.25) is 10.0 Å². The Bertz CT molecular complexity index is 1060. The second-order valence-electron chi connectivity index (χ2n) is 5.81. The van der Waals surface area contributed by atoms with Crippen molar-refractivity contribution in [1.82, 2.24) is 14.8 Å². The molecule has 6 nitrogen and oxygen atoms in total. The van der Waals surface area contributed by atoms with Crippen molar-refractivity contribution in [3.05, 3.63) is 62.8 Å². The van der Waals surface area contributed by atoms with Gasteiger partial charge in [-0.2, -0.15) is 5.26 Å². The molecule has 0 bridgehead atoms. The first kappa shape index (κ1) is 20.1. The van der Waals surface area contributed by atoms with Crippen LogP contribution in [-0.4, -0.2) is 20.7 Å². The predicted molar refractivity (Wildman–Crippen MR) is 112 cm³/mol. The standard InChI is InChI=1S/C19H15Cl2N5OS/c1-2-4-17-24-25-19(28-17)23-18(27)12(11-22)7-15-5-3-6-26(15)16-9-13(20)8-14(21)10-16/h3,5-10H,2,4H2,1H3,(H,23,25,27)/b12-7-. The van der Waals surface area contributed by atoms with Crippen molar-refractivity contribution in [3.8, 4) is 11.8 Å². The predicted octanol–water partition coefficient (Wildman–Crippen LogP) is 5.13. The maximum absolute atomic E-state index is 12.5. The molecule has 0 aliphatic rings. The van der Waals surface area contributed by atoms with Gasteiger partial charge >= 0.3 is 0 Å². The zero-order valence-corrected chi connectivity index (χ0v) is 17.1. The molecule has 0 aliphatic heterocycles. The van der Waals surface area contributed by atoms with Crippen molar-refractivity contribution in [2.75, 3.05) is 5.32 Å². The van der Waals surface area contributed by atoms with Crippen LogP contribution in [0.25, 0.3) is 11.8 Å². The molecule has 3 rings (SSSR count). The molecule has 1 aromatic carbocycles. The quantitative estimate of drug-likeness (QED) is 0.432. The van der Waals surface area contributed by atoms with E-state index in [1.165, 1.54) is 17.4 Å². The molecule has 0 atom stereocenters. The normalized spacial score (nSPS) is 11.3. The van der Waals surface area contributed by atoms with Gasteiger partial charge in [-0.3, -0.25) is 10.1 Å². The van der Waals surface area contributed by atoms with Gasteiger partial charge in [-0.25, -0.2) is 0 Å². The molecule has 2 aromatic heterocycles. The highest BCUT2D eigenvalue weighted by molar-refractivity contribution is 7.15. The number of carbonyl (C=O) groups excluding carboxylic acids is 1. The Morgan fingerprint density at radius 2 is 2.07 bits per heavy atom. The van der Waals surface area contributed by atoms with Gasteiger partial charge in [0, 0.05) is 34.0 Å². The Morgan fingerprint density at radius 3 is 2.75 bits per heavy atom. The zero-order valence-electron chi connectivity index (χ0n) is 14.8. The molecule has 0 unspecified atom stereocenters. The topological polar surface area (TPSA) is 83.6 Å². The third-order valence-corrected chi connectivity index (χ3v) is 5.05. The van der Waals surface area contributed by atoms with Crippen molar-refractivity contribution in [2.24, 2.45) is 0 Å². The number of hydrogen-bond acceptors (Lipinski definition) is 5. The second kappa shape index (κ2) is 9.02. The number of nitriles is 1. The summed E-state index contributed by atoms with van der Waals surface area (Å²) in [4.78, 5) is 12.5. The molecule has 9 heteroatoms. The number of aromatic nitrogens is 3. The number of halogens is 2. The van der Waals surface area contributed by atoms with Crippen LogP contribution < -0.4 is 5.32 Å². The van der Waals surface area contributed by atoms with E-state index in [1.54, 1.807) is 41.1 Å². The van der Waals surface area contributed by atoms with Crippen LogP contribution in [0.1, 0.15) is 24.0 Å². The number of nitrogens with zero attached hydrogens (tertiary/aromatic N) is 4. The van der Waals surface area contributed by atoms with Crippen LogP contribution in [0.4, 0.5) is 5.13 Å². The minimum Gasteiger partial charge on any atom is -0.317 e. The maximum Gasteiger partial charge on any atom is 0.268 e. The molecule has 3 aromatic rings. The van der Waals surface area contributed by atoms with Crippen LogP contribution in [0.5, 0.6) is 0 Å². The van der Waals surface area contributed by atoms with Gasteiger partial charge in [0.25, 0.3) is 5.91 Å². The van der Waals surface area contributed by atoms with Crippen LogP contribution >= 0.6 is 34.5 Å². The van der Waals surface area contributed by atoms with Crippen molar-refractivity contribution in [1.29, 1.82) is 5.26 Å². The molecule has 28 heavy (non-hydrogen) atoms. The average molecular weight is 432 g/mol. The number of benzene rings is 1. The largest absolute Gasteiger partial charge is 0.317 e. The smallest absolute Gasteiger partial charge is 0.268 e. The molecule has 0 saturated heterocycles. The summed E-state index contributed by atoms with van der Waals surface area (Å²) in [7, 11) is 0. The fraction of sp³-hybridized carbons (Fsp3) is 0.158. The summed E-state index contributed by atoms with van der Waals surface area (Å²) in [6, 6.07) is 10.6. The summed E-state index contributed by atoms with van der Waals surface area (Å²) < 4.78 is 1.78. The lowest BCUT2D eigenvalue weighted by atomic mass is 10.2. The van der Waals surface area contributed by atoms with E-state index in [0.717, 1.165) is 23.5 Å². The first-order valence-electron chi connectivity index (χ1n) is 8.39. The highest BCUT2D eigenvalue weighted by atomic mass is 35.5. The molecule has 1 N–H and O–H groups in total. The lowest BCUT2D eigenvalue weighted by Crippen LogP contribution is -2.13. The SMILES string of the molecule is CCCc1nnc(NC(=O)/C(C#N)=C\c2cccn2-c2cc(Cl)cc(Cl)c2)s1. The molecule has 142 valence electrons. The second-order valence-corrected chi connectivity index (χ2v) is 7.74. The maximum atomic E-state index is 12.5. The molecule has 0 fully saturated rings. The fourth-order valence-electron chi connectivity index (χ4n) is 2.51. The van der Waals surface area contributed by atoms with E-state index in [1.807, 2.05) is 13.0 Å². The summed E-state index contributed by atoms with van der Waals surface area (Å²) >= 11 is 13.5. The minimum atomic E-state index is -0.543. The number of aryl methyl sites for hydroxylation is 1. The Hall–Kier alpha value is -2.66. The van der Waals surface area contributed by atoms with Crippen LogP contribution in [0.15, 0.2) is 42.1 Å². The zero-order chi connectivity index (χ0) is 20.1. The number of rotatable bonds is 6. The van der Waals surface area contributed by atoms with Gasteiger partial charge in [0.05, 0.1) is 0 Å². The molecule has 0 spiro atoms. The van der Waals surface area contributed by atoms with Gasteiger partial charge < -0.3 is 4.57 Å². The van der Waals surface area contributed by atoms with E-state index in [-0.39, 0.29) is 5.57 Å². The van der Waals surface area contributed by atoms with E-state index in [4.69, 9.17) is 23.2 Å². The number of amides is 1. The van der Waals surface area contributed by atoms with E-state index < -0.39 is 5.91 Å². The Morgan fingerprint density at radius 1 is 1.32 bits per heavy atom. The number of anilines is 1. The minimum absolute atomic E-state index is 0.0553. The summed E-state index contributed by atoms with van der Waals surface area (Å²) in [6.07, 6.45) is 5.03. The van der Waals surface area contributed by atoms with E-state index in [0.29, 0.717) is 20.9 Å². The van der Waals surface area contributed by atoms with E-state index in [9.17, 15) is 10.1 Å². The van der Waals surface area contributed by atoms with Crippen molar-refractivity contribution in [3.63, 3.8) is 0 Å². The Labute approximate surface area is 176 Å². The molecule has 0 radical (unpaired) electrons. The molecular formula is C19H15Cl2N5OS. The number of nitrogens with one attached hydrogen (secondary N) is 1. The van der Waals surface area contributed by atoms with Crippen LogP contribution in [-0.2, 0) is 11.2 Å². The molecule has 0 saturated carbocycles. The molecule has 0 aliphatic carbocycles. The van der Waals surface area contributed by atoms with Gasteiger partial charge in [0.2, 0.25) is 5.13 Å². The van der Waals surface area contributed by atoms with Gasteiger partial charge in [-0.1, -0.05) is 41.5 Å². The third kappa shape index (κ3) is 4.78. The van der Waals surface area contributed by atoms with Gasteiger partial charge in [-0.15, -0.1) is 10.2 Å². The lowest BCUT2D eigenvalue weighted by molar-refractivity contribution is -0.112. The summed E-state index contributed by atoms with van der Waals surface area (Å²) in [5.41, 5.74) is 1.30. The first-order chi connectivity index (χ1) is 13.5. The Kier molecular flexibility index (Phi) is 6.47. The van der Waals surface area contributed by atoms with Gasteiger partial charge in [0.15, 0.2) is 0 Å². The average Bonchev–Trinajstić information content (AvgIpc) is 3.28. The van der Waals surface area contributed by atoms with Gasteiger partial charge in [-0.05, 0) is 42.8 Å². The number of carbonyl (C=O) groups is 1. The molecule has 2 heterocycles. The Balaban J connectivity index is 1.86. The van der Waals surface area contributed by atoms with E-state index in [2.05, 4.69) is 15.5 Å². The summed E-state index contributed by atoms with van der Waals surface area (Å²) in [6.45, 7) is 2.04. The summed E-state index contributed by atoms with van der Waals surface area (Å²) in [5.74, 6) is -0.543. The highest BCUT2D eigenvalue weighted by Crippen LogP contribution is 2.24. The molecule has 1 amide bonds.